The number of hydrogen-bond donors (Lipinski definition) is 0. The minimum absolute atomic E-state index is 0.200. The number of benzene rings is 6. The Morgan fingerprint density at radius 1 is 0.404 bits per heavy atom. The highest BCUT2D eigenvalue weighted by atomic mass is 32.2. The quantitative estimate of drug-likeness (QED) is 0.194. The largest absolute Gasteiger partial charge is 0.310 e. The third-order valence-corrected chi connectivity index (χ3v) is 11.8. The van der Waals surface area contributed by atoms with Crippen LogP contribution in [-0.4, -0.2) is 8.42 Å². The number of fused-ring (bicyclic) bond motifs is 4. The summed E-state index contributed by atoms with van der Waals surface area (Å²) in [6, 6.07) is 48.3. The average molecular weight is 633 g/mol. The van der Waals surface area contributed by atoms with Crippen LogP contribution in [0.3, 0.4) is 0 Å². The molecule has 0 aromatic heterocycles. The van der Waals surface area contributed by atoms with Gasteiger partial charge in [0.2, 0.25) is 9.84 Å². The maximum absolute atomic E-state index is 14.5. The molecule has 0 spiro atoms. The second kappa shape index (κ2) is 10.4. The van der Waals surface area contributed by atoms with Crippen LogP contribution in [0.1, 0.15) is 49.9 Å². The molecule has 0 radical (unpaired) electrons. The van der Waals surface area contributed by atoms with E-state index in [4.69, 9.17) is 0 Å². The summed E-state index contributed by atoms with van der Waals surface area (Å²) >= 11 is 0. The van der Waals surface area contributed by atoms with Gasteiger partial charge in [0.1, 0.15) is 0 Å². The summed E-state index contributed by atoms with van der Waals surface area (Å²) in [4.78, 5) is 4.89. The Bertz CT molecular complexity index is 2050. The van der Waals surface area contributed by atoms with E-state index in [-0.39, 0.29) is 20.6 Å². The summed E-state index contributed by atoms with van der Waals surface area (Å²) in [5, 5.41) is 0. The van der Waals surface area contributed by atoms with Crippen molar-refractivity contribution < 1.29 is 8.42 Å². The lowest BCUT2D eigenvalue weighted by atomic mass is 9.73. The molecule has 0 saturated carbocycles. The Kier molecular flexibility index (Phi) is 6.51. The van der Waals surface area contributed by atoms with Crippen LogP contribution in [0, 0.1) is 0 Å². The predicted molar refractivity (Wildman–Crippen MR) is 192 cm³/mol. The highest BCUT2D eigenvalue weighted by molar-refractivity contribution is 7.91. The molecule has 6 aromatic carbocycles. The van der Waals surface area contributed by atoms with E-state index < -0.39 is 9.84 Å². The van der Waals surface area contributed by atoms with Crippen molar-refractivity contribution in [1.29, 1.82) is 0 Å². The van der Waals surface area contributed by atoms with Crippen molar-refractivity contribution in [1.82, 2.24) is 0 Å². The van der Waals surface area contributed by atoms with E-state index in [9.17, 15) is 8.42 Å². The zero-order valence-corrected chi connectivity index (χ0v) is 27.8. The number of nitrogens with zero attached hydrogens (tertiary/aromatic N) is 2. The summed E-state index contributed by atoms with van der Waals surface area (Å²) in [6.07, 6.45) is 0. The second-order valence-corrected chi connectivity index (χ2v) is 15.4. The van der Waals surface area contributed by atoms with Crippen LogP contribution in [0.2, 0.25) is 0 Å². The maximum Gasteiger partial charge on any atom is 0.206 e. The van der Waals surface area contributed by atoms with Crippen molar-refractivity contribution in [2.75, 3.05) is 9.80 Å². The molecule has 2 aliphatic rings. The minimum atomic E-state index is -3.87. The number of rotatable bonds is 4. The molecule has 0 bridgehead atoms. The van der Waals surface area contributed by atoms with Gasteiger partial charge in [-0.15, -0.1) is 0 Å². The summed E-state index contributed by atoms with van der Waals surface area (Å²) in [5.74, 6) is 0. The molecule has 0 fully saturated rings. The third kappa shape index (κ3) is 4.37. The van der Waals surface area contributed by atoms with Gasteiger partial charge >= 0.3 is 0 Å². The fourth-order valence-electron chi connectivity index (χ4n) is 7.61. The third-order valence-electron chi connectivity index (χ3n) is 10.0. The van der Waals surface area contributed by atoms with E-state index in [1.807, 2.05) is 60.7 Å². The minimum Gasteiger partial charge on any atom is -0.310 e. The molecule has 2 aliphatic heterocycles. The van der Waals surface area contributed by atoms with E-state index in [0.29, 0.717) is 0 Å². The molecular weight excluding hydrogens is 597 g/mol. The summed E-state index contributed by atoms with van der Waals surface area (Å²) < 4.78 is 28.9. The van der Waals surface area contributed by atoms with Crippen LogP contribution < -0.4 is 9.80 Å². The molecule has 2 heterocycles. The van der Waals surface area contributed by atoms with Crippen molar-refractivity contribution in [2.45, 2.75) is 48.3 Å². The van der Waals surface area contributed by atoms with Crippen molar-refractivity contribution in [3.8, 4) is 0 Å². The van der Waals surface area contributed by atoms with Gasteiger partial charge in [-0.3, -0.25) is 0 Å². The first-order valence-corrected chi connectivity index (χ1v) is 17.5. The fraction of sp³-hybridized carbons (Fsp3) is 0.143. The Morgan fingerprint density at radius 3 is 1.02 bits per heavy atom. The second-order valence-electron chi connectivity index (χ2n) is 13.5. The maximum atomic E-state index is 14.5. The predicted octanol–water partition coefficient (Wildman–Crippen LogP) is 10.7. The topological polar surface area (TPSA) is 40.6 Å². The molecule has 0 amide bonds. The van der Waals surface area contributed by atoms with Gasteiger partial charge in [-0.25, -0.2) is 8.42 Å². The van der Waals surface area contributed by atoms with Gasteiger partial charge in [0, 0.05) is 22.2 Å². The summed E-state index contributed by atoms with van der Waals surface area (Å²) in [7, 11) is -3.87. The van der Waals surface area contributed by atoms with Crippen molar-refractivity contribution in [3.63, 3.8) is 0 Å². The highest BCUT2D eigenvalue weighted by Gasteiger charge is 2.38. The molecule has 8 rings (SSSR count). The normalized spacial score (nSPS) is 15.7. The Balaban J connectivity index is 1.24. The van der Waals surface area contributed by atoms with Gasteiger partial charge in [-0.2, -0.15) is 0 Å². The van der Waals surface area contributed by atoms with E-state index in [2.05, 4.69) is 110 Å². The molecule has 0 aliphatic carbocycles. The molecule has 0 N–H and O–H groups in total. The van der Waals surface area contributed by atoms with Crippen molar-refractivity contribution in [2.24, 2.45) is 0 Å². The van der Waals surface area contributed by atoms with Crippen LogP contribution in [0.15, 0.2) is 155 Å². The number of anilines is 6. The Morgan fingerprint density at radius 2 is 0.702 bits per heavy atom. The first kappa shape index (κ1) is 29.3. The molecule has 232 valence electrons. The lowest BCUT2D eigenvalue weighted by molar-refractivity contribution is 0.596. The Hall–Kier alpha value is -5.13. The molecule has 47 heavy (non-hydrogen) atoms. The highest BCUT2D eigenvalue weighted by Crippen LogP contribution is 2.53. The SMILES string of the molecule is CC1(C)c2ccccc2N(c2cccc(S(=O)(=O)c3cccc(N4c5ccccc5C(C)(C)c5ccccc54)c3)c2)c2ccccc21. The van der Waals surface area contributed by atoms with E-state index >= 15 is 0 Å². The van der Waals surface area contributed by atoms with Gasteiger partial charge in [0.25, 0.3) is 0 Å². The zero-order chi connectivity index (χ0) is 32.6. The van der Waals surface area contributed by atoms with Crippen molar-refractivity contribution in [3.05, 3.63) is 168 Å². The van der Waals surface area contributed by atoms with Crippen molar-refractivity contribution >= 4 is 44.0 Å². The van der Waals surface area contributed by atoms with Gasteiger partial charge in [0.15, 0.2) is 0 Å². The van der Waals surface area contributed by atoms with Crippen LogP contribution in [0.5, 0.6) is 0 Å². The average Bonchev–Trinajstić information content (AvgIpc) is 3.09. The van der Waals surface area contributed by atoms with Crippen LogP contribution in [0.4, 0.5) is 34.1 Å². The summed E-state index contributed by atoms with van der Waals surface area (Å²) in [6.45, 7) is 8.98. The number of sulfone groups is 1. The molecule has 0 unspecified atom stereocenters. The monoisotopic (exact) mass is 632 g/mol. The van der Waals surface area contributed by atoms with Crippen LogP contribution in [0.25, 0.3) is 0 Å². The van der Waals surface area contributed by atoms with Gasteiger partial charge in [0.05, 0.1) is 32.5 Å². The number of hydrogen-bond acceptors (Lipinski definition) is 4. The van der Waals surface area contributed by atoms with E-state index in [1.165, 1.54) is 22.3 Å². The number of para-hydroxylation sites is 4. The van der Waals surface area contributed by atoms with Gasteiger partial charge in [-0.1, -0.05) is 113 Å². The smallest absolute Gasteiger partial charge is 0.206 e. The molecular formula is C42H36N2O2S. The first-order chi connectivity index (χ1) is 22.6. The molecule has 0 atom stereocenters. The zero-order valence-electron chi connectivity index (χ0n) is 27.0. The lowest BCUT2D eigenvalue weighted by Gasteiger charge is -2.42. The van der Waals surface area contributed by atoms with Gasteiger partial charge < -0.3 is 9.80 Å². The fourth-order valence-corrected chi connectivity index (χ4v) is 8.95. The Labute approximate surface area is 277 Å². The molecule has 0 saturated heterocycles. The van der Waals surface area contributed by atoms with E-state index in [1.54, 1.807) is 12.1 Å². The first-order valence-electron chi connectivity index (χ1n) is 16.0. The van der Waals surface area contributed by atoms with Gasteiger partial charge in [-0.05, 0) is 82.9 Å². The lowest BCUT2D eigenvalue weighted by Crippen LogP contribution is -2.30. The summed E-state index contributed by atoms with van der Waals surface area (Å²) in [5.41, 5.74) is 10.2. The molecule has 6 aromatic rings. The van der Waals surface area contributed by atoms with E-state index in [0.717, 1.165) is 34.1 Å². The van der Waals surface area contributed by atoms with Crippen LogP contribution in [-0.2, 0) is 20.7 Å². The standard InChI is InChI=1S/C42H36N2O2S/c1-41(2)33-19-5-9-23-37(33)43(38-24-10-6-20-34(38)41)29-15-13-17-31(27-29)47(45,46)32-18-14-16-30(28-32)44-39-25-11-7-21-35(39)42(3,4)36-22-8-12-26-40(36)44/h5-28H,1-4H3. The van der Waals surface area contributed by atoms with Crippen LogP contribution >= 0.6 is 0 Å². The molecule has 4 nitrogen and oxygen atoms in total. The molecule has 5 heteroatoms.